The van der Waals surface area contributed by atoms with E-state index in [-0.39, 0.29) is 140 Å². The Morgan fingerprint density at radius 2 is 1.25 bits per heavy atom. The highest BCUT2D eigenvalue weighted by atomic mass is 16.8. The van der Waals surface area contributed by atoms with Gasteiger partial charge in [0.05, 0.1) is 116 Å². The second-order valence-corrected chi connectivity index (χ2v) is 27.3. The molecule has 0 aromatic heterocycles. The molecule has 16 aliphatic rings. The van der Waals surface area contributed by atoms with Crippen LogP contribution in [0, 0.1) is 23.7 Å². The van der Waals surface area contributed by atoms with E-state index >= 15 is 0 Å². The largest absolute Gasteiger partial charge is 0.459 e. The van der Waals surface area contributed by atoms with E-state index in [1.165, 1.54) is 0 Å². The Morgan fingerprint density at radius 3 is 2.09 bits per heavy atom. The first-order valence-electron chi connectivity index (χ1n) is 30.2. The third-order valence-electron chi connectivity index (χ3n) is 21.9. The van der Waals surface area contributed by atoms with Gasteiger partial charge in [0.15, 0.2) is 17.4 Å². The zero-order chi connectivity index (χ0) is 52.7. The van der Waals surface area contributed by atoms with Crippen molar-refractivity contribution in [3.8, 4) is 0 Å². The first-order chi connectivity index (χ1) is 36.9. The van der Waals surface area contributed by atoms with E-state index in [1.54, 1.807) is 0 Å². The smallest absolute Gasteiger partial charge is 0.308 e. The predicted octanol–water partition coefficient (Wildman–Crippen LogP) is 5.53. The minimum atomic E-state index is -0.899. The van der Waals surface area contributed by atoms with Gasteiger partial charge in [-0.25, -0.2) is 0 Å². The van der Waals surface area contributed by atoms with Crippen molar-refractivity contribution in [1.29, 1.82) is 0 Å². The standard InChI is InChI=1S/C59H85NO17/c1-26-14-32-8-10-36-27(2)15-34(63-36)12-13-57-24-45-54(77-57)56(7)55(69-45)53(76-57)52-37(71-56)11-9-33(65-52)16-47(62)70-51-31(6)50-41(66-40(51)18-38(64-32)30(26)5)19-39-43(67-50)22-59(72-39)23-44-49(75-59)29(4)21-58(74-44)20-28(3)48-42(73-58)17-35(61)46(25-60)68-48/h26,28-29,31-46,48-55,61H,2,5,8-25,60H2,1,3-4,6-7H3/t26-,28+,29+,31+,32+,33-,34+,35-,36+,37+,38-,39-,40+,41+,42+,43-,44+,45-,46-,48+,49+,50+,51-,52+,53+,54+,55+,56+,57-,58-,59+/m1/s1. The summed E-state index contributed by atoms with van der Waals surface area (Å²) >= 11 is 0. The van der Waals surface area contributed by atoms with Crippen LogP contribution in [0.3, 0.4) is 0 Å². The summed E-state index contributed by atoms with van der Waals surface area (Å²) < 4.78 is 104. The maximum absolute atomic E-state index is 14.6. The summed E-state index contributed by atoms with van der Waals surface area (Å²) in [5.74, 6) is -2.61. The fourth-order valence-electron chi connectivity index (χ4n) is 18.2. The van der Waals surface area contributed by atoms with Gasteiger partial charge in [-0.2, -0.15) is 0 Å². The van der Waals surface area contributed by atoms with Crippen LogP contribution in [0.15, 0.2) is 24.3 Å². The summed E-state index contributed by atoms with van der Waals surface area (Å²) in [5.41, 5.74) is 7.46. The SMILES string of the molecule is C=C1C[C@@H]2CC[C@@]34C[C@H]5O[C@H]6[C@@H](O3)[C@H]3O[C@H](CC[C@@H]3O[C@@]6(C)[C@H]5O4)CC(=O)O[C@@H]3[C@@H](C)[C@@H]4O[C@@H]5C[C@]6(C[C@@H]7O[C@]8(C[C@H](C)[C@@H]9O[C@H](CN)[C@H](O)C[C@@H]9O8)C[C@H](C)[C@@H]7O6)O[C@@H]5C[C@@H]4O[C@H]3C[C@H]3O[C@@H](CC[C@@H]1O2)C[C@@H](C)C3=C. The van der Waals surface area contributed by atoms with E-state index in [1.807, 2.05) is 0 Å². The van der Waals surface area contributed by atoms with Crippen molar-refractivity contribution in [3.05, 3.63) is 24.3 Å². The first kappa shape index (κ1) is 52.1. The molecule has 428 valence electrons. The number of esters is 1. The molecule has 16 heterocycles. The molecular formula is C59H85NO17. The molecule has 16 saturated heterocycles. The van der Waals surface area contributed by atoms with Gasteiger partial charge in [0.2, 0.25) is 0 Å². The molecule has 3 spiro atoms. The van der Waals surface area contributed by atoms with Crippen molar-refractivity contribution in [1.82, 2.24) is 0 Å². The molecule has 0 aliphatic carbocycles. The molecule has 12 bridgehead atoms. The number of hydrogen-bond donors (Lipinski definition) is 2. The summed E-state index contributed by atoms with van der Waals surface area (Å²) in [6, 6.07) is 0. The molecule has 0 aromatic carbocycles. The number of ether oxygens (including phenoxy) is 15. The van der Waals surface area contributed by atoms with Gasteiger partial charge < -0.3 is 81.9 Å². The van der Waals surface area contributed by atoms with E-state index in [0.717, 1.165) is 43.3 Å². The quantitative estimate of drug-likeness (QED) is 0.245. The van der Waals surface area contributed by atoms with Gasteiger partial charge in [0.25, 0.3) is 0 Å². The van der Waals surface area contributed by atoms with Gasteiger partial charge >= 0.3 is 5.97 Å². The Kier molecular flexibility index (Phi) is 12.8. The van der Waals surface area contributed by atoms with E-state index in [0.29, 0.717) is 70.6 Å². The van der Waals surface area contributed by atoms with Crippen LogP contribution in [0.25, 0.3) is 0 Å². The average Bonchev–Trinajstić information content (AvgIpc) is 4.36. The Balaban J connectivity index is 0.672. The van der Waals surface area contributed by atoms with Gasteiger partial charge in [0, 0.05) is 70.3 Å². The Bertz CT molecular complexity index is 2330. The van der Waals surface area contributed by atoms with E-state index in [2.05, 4.69) is 47.8 Å². The number of carbonyl (C=O) groups is 1. The second-order valence-electron chi connectivity index (χ2n) is 27.3. The molecule has 0 saturated carbocycles. The zero-order valence-corrected chi connectivity index (χ0v) is 45.8. The lowest BCUT2D eigenvalue weighted by atomic mass is 9.78. The normalized spacial score (nSPS) is 59.6. The van der Waals surface area contributed by atoms with Crippen molar-refractivity contribution in [3.63, 3.8) is 0 Å². The molecule has 16 rings (SSSR count). The topological polar surface area (TPSA) is 202 Å². The molecule has 77 heavy (non-hydrogen) atoms. The summed E-state index contributed by atoms with van der Waals surface area (Å²) in [6.45, 7) is 20.3. The maximum atomic E-state index is 14.6. The Hall–Kier alpha value is -1.69. The number of fused-ring (bicyclic) bond motifs is 10. The van der Waals surface area contributed by atoms with Crippen LogP contribution in [0.2, 0.25) is 0 Å². The molecule has 0 radical (unpaired) electrons. The van der Waals surface area contributed by atoms with Crippen molar-refractivity contribution < 1.29 is 81.0 Å². The number of aliphatic hydroxyl groups excluding tert-OH is 1. The molecular weight excluding hydrogens is 995 g/mol. The minimum absolute atomic E-state index is 0.0119. The van der Waals surface area contributed by atoms with Crippen LogP contribution in [-0.2, 0) is 75.8 Å². The number of rotatable bonds is 1. The Labute approximate surface area is 452 Å². The van der Waals surface area contributed by atoms with Crippen LogP contribution in [0.4, 0.5) is 0 Å². The van der Waals surface area contributed by atoms with Crippen LogP contribution >= 0.6 is 0 Å². The highest BCUT2D eigenvalue weighted by molar-refractivity contribution is 5.70. The minimum Gasteiger partial charge on any atom is -0.459 e. The van der Waals surface area contributed by atoms with E-state index in [4.69, 9.17) is 76.8 Å². The molecule has 0 unspecified atom stereocenters. The molecule has 18 heteroatoms. The van der Waals surface area contributed by atoms with Gasteiger partial charge in [0.1, 0.15) is 36.1 Å². The summed E-state index contributed by atoms with van der Waals surface area (Å²) in [4.78, 5) is 14.6. The third kappa shape index (κ3) is 8.62. The lowest BCUT2D eigenvalue weighted by molar-refractivity contribution is -0.370. The van der Waals surface area contributed by atoms with Gasteiger partial charge in [-0.3, -0.25) is 4.79 Å². The molecule has 18 nitrogen and oxygen atoms in total. The van der Waals surface area contributed by atoms with Crippen LogP contribution in [-0.4, -0.2) is 181 Å². The average molecular weight is 1080 g/mol. The Morgan fingerprint density at radius 1 is 0.532 bits per heavy atom. The summed E-state index contributed by atoms with van der Waals surface area (Å²) in [6.07, 6.45) is 3.90. The molecule has 16 aliphatic heterocycles. The first-order valence-corrected chi connectivity index (χ1v) is 30.2. The van der Waals surface area contributed by atoms with Crippen LogP contribution < -0.4 is 5.73 Å². The summed E-state index contributed by atoms with van der Waals surface area (Å²) in [5, 5.41) is 10.9. The predicted molar refractivity (Wildman–Crippen MR) is 270 cm³/mol. The summed E-state index contributed by atoms with van der Waals surface area (Å²) in [7, 11) is 0. The van der Waals surface area contributed by atoms with Crippen molar-refractivity contribution in [2.75, 3.05) is 6.54 Å². The number of aliphatic hydroxyl groups is 1. The lowest BCUT2D eigenvalue weighted by Gasteiger charge is -2.54. The van der Waals surface area contributed by atoms with E-state index in [9.17, 15) is 9.90 Å². The van der Waals surface area contributed by atoms with Gasteiger partial charge in [-0.1, -0.05) is 40.9 Å². The molecule has 0 aromatic rings. The molecule has 16 fully saturated rings. The fraction of sp³-hybridized carbons (Fsp3) is 0.915. The number of carbonyl (C=O) groups excluding carboxylic acids is 1. The monoisotopic (exact) mass is 1080 g/mol. The highest BCUT2D eigenvalue weighted by Gasteiger charge is 2.74. The van der Waals surface area contributed by atoms with Crippen LogP contribution in [0.1, 0.15) is 144 Å². The van der Waals surface area contributed by atoms with Gasteiger partial charge in [-0.15, -0.1) is 0 Å². The van der Waals surface area contributed by atoms with Crippen molar-refractivity contribution in [2.24, 2.45) is 29.4 Å². The maximum Gasteiger partial charge on any atom is 0.308 e. The number of nitrogens with two attached hydrogens (primary N) is 1. The third-order valence-corrected chi connectivity index (χ3v) is 21.9. The lowest BCUT2D eigenvalue weighted by Crippen LogP contribution is -2.66. The zero-order valence-electron chi connectivity index (χ0n) is 45.8. The fourth-order valence-corrected chi connectivity index (χ4v) is 18.2. The van der Waals surface area contributed by atoms with Crippen molar-refractivity contribution >= 4 is 5.97 Å². The number of hydrogen-bond acceptors (Lipinski definition) is 18. The second kappa shape index (κ2) is 18.9. The highest BCUT2D eigenvalue weighted by Crippen LogP contribution is 2.60. The molecule has 3 N–H and O–H groups in total. The van der Waals surface area contributed by atoms with Crippen LogP contribution in [0.5, 0.6) is 0 Å². The van der Waals surface area contributed by atoms with Gasteiger partial charge in [-0.05, 0) is 80.8 Å². The molecule has 31 atom stereocenters. The van der Waals surface area contributed by atoms with E-state index < -0.39 is 65.7 Å². The molecule has 0 amide bonds. The van der Waals surface area contributed by atoms with Crippen molar-refractivity contribution in [2.45, 2.75) is 307 Å².